The Hall–Kier alpha value is -2.86. The molecular weight excluding hydrogens is 378 g/mol. The first kappa shape index (κ1) is 20.4. The van der Waals surface area contributed by atoms with E-state index in [-0.39, 0.29) is 11.9 Å². The number of nitrogens with one attached hydrogen (secondary N) is 1. The Labute approximate surface area is 177 Å². The number of aldehydes is 1. The lowest BCUT2D eigenvalue weighted by Gasteiger charge is -2.40. The average molecular weight is 408 g/mol. The fraction of sp³-hybridized carbons (Fsp3) is 0.417. The number of nitrogens with two attached hydrogens (primary N) is 1. The number of ether oxygens (including phenoxy) is 1. The minimum absolute atomic E-state index is 0.0481. The molecule has 2 aliphatic rings. The molecular formula is C24H29N3O3. The summed E-state index contributed by atoms with van der Waals surface area (Å²) in [6.45, 7) is 7.25. The number of morpholine rings is 1. The Morgan fingerprint density at radius 1 is 1.27 bits per heavy atom. The second-order valence-corrected chi connectivity index (χ2v) is 8.36. The molecule has 0 aromatic heterocycles. The second-order valence-electron chi connectivity index (χ2n) is 8.36. The van der Waals surface area contributed by atoms with Gasteiger partial charge >= 0.3 is 0 Å². The first-order valence-electron chi connectivity index (χ1n) is 10.6. The van der Waals surface area contributed by atoms with Crippen molar-refractivity contribution in [1.29, 1.82) is 0 Å². The van der Waals surface area contributed by atoms with Gasteiger partial charge in [0.05, 0.1) is 24.7 Å². The molecule has 0 aliphatic carbocycles. The molecule has 1 saturated heterocycles. The molecule has 0 radical (unpaired) electrons. The maximum atomic E-state index is 12.6. The monoisotopic (exact) mass is 407 g/mol. The van der Waals surface area contributed by atoms with E-state index in [0.717, 1.165) is 50.3 Å². The fourth-order valence-electron chi connectivity index (χ4n) is 4.64. The number of hydrogen-bond acceptors (Lipinski definition) is 5. The molecule has 0 bridgehead atoms. The van der Waals surface area contributed by atoms with Gasteiger partial charge in [-0.1, -0.05) is 13.0 Å². The van der Waals surface area contributed by atoms with Gasteiger partial charge in [-0.15, -0.1) is 0 Å². The molecule has 0 saturated carbocycles. The van der Waals surface area contributed by atoms with Crippen LogP contribution >= 0.6 is 0 Å². The van der Waals surface area contributed by atoms with E-state index in [1.807, 2.05) is 13.0 Å². The zero-order valence-corrected chi connectivity index (χ0v) is 17.6. The van der Waals surface area contributed by atoms with Crippen molar-refractivity contribution in [2.75, 3.05) is 36.5 Å². The van der Waals surface area contributed by atoms with Gasteiger partial charge in [0.1, 0.15) is 6.29 Å². The molecule has 1 amide bonds. The molecule has 2 aromatic carbocycles. The molecule has 2 aromatic rings. The lowest BCUT2D eigenvalue weighted by Crippen LogP contribution is -2.44. The lowest BCUT2D eigenvalue weighted by atomic mass is 9.71. The van der Waals surface area contributed by atoms with Crippen molar-refractivity contribution in [1.82, 2.24) is 0 Å². The Morgan fingerprint density at radius 2 is 2.03 bits per heavy atom. The van der Waals surface area contributed by atoms with Gasteiger partial charge in [0.2, 0.25) is 5.91 Å². The molecule has 6 nitrogen and oxygen atoms in total. The largest absolute Gasteiger partial charge is 0.378 e. The molecule has 30 heavy (non-hydrogen) atoms. The summed E-state index contributed by atoms with van der Waals surface area (Å²) in [5.41, 5.74) is 10.8. The first-order valence-corrected chi connectivity index (χ1v) is 10.6. The van der Waals surface area contributed by atoms with Crippen LogP contribution in [0.25, 0.3) is 0 Å². The average Bonchev–Trinajstić information content (AvgIpc) is 2.78. The number of carbonyl (C=O) groups excluding carboxylic acids is 2. The highest BCUT2D eigenvalue weighted by Crippen LogP contribution is 2.45. The van der Waals surface area contributed by atoms with Gasteiger partial charge < -0.3 is 20.7 Å². The van der Waals surface area contributed by atoms with Crippen molar-refractivity contribution >= 4 is 23.6 Å². The molecule has 2 atom stereocenters. The minimum Gasteiger partial charge on any atom is -0.378 e. The topological polar surface area (TPSA) is 84.7 Å². The van der Waals surface area contributed by atoms with Crippen molar-refractivity contribution in [3.8, 4) is 0 Å². The highest BCUT2D eigenvalue weighted by atomic mass is 16.5. The first-order chi connectivity index (χ1) is 14.5. The van der Waals surface area contributed by atoms with Crippen molar-refractivity contribution in [2.24, 2.45) is 5.73 Å². The number of fused-ring (bicyclic) bond motifs is 1. The molecule has 158 valence electrons. The minimum atomic E-state index is -0.857. The third-order valence-electron chi connectivity index (χ3n) is 6.52. The van der Waals surface area contributed by atoms with Crippen molar-refractivity contribution in [3.63, 3.8) is 0 Å². The zero-order chi connectivity index (χ0) is 21.3. The van der Waals surface area contributed by atoms with E-state index >= 15 is 0 Å². The maximum Gasteiger partial charge on any atom is 0.227 e. The zero-order valence-electron chi connectivity index (χ0n) is 17.6. The molecule has 4 rings (SSSR count). The smallest absolute Gasteiger partial charge is 0.227 e. The summed E-state index contributed by atoms with van der Waals surface area (Å²) in [7, 11) is 0. The molecule has 6 heteroatoms. The third kappa shape index (κ3) is 3.56. The predicted octanol–water partition coefficient (Wildman–Crippen LogP) is 3.20. The van der Waals surface area contributed by atoms with E-state index in [1.54, 1.807) is 12.1 Å². The van der Waals surface area contributed by atoms with Crippen molar-refractivity contribution < 1.29 is 14.3 Å². The standard InChI is InChI=1S/C24H29N3O3/c1-3-17-5-6-18(27-8-10-30-11-9-27)13-19(17)22-14-24(2,23(25)29)20-12-16(15-28)4-7-21(20)26-22/h4-7,12-13,15,22,26H,3,8-11,14H2,1-2H3,(H2,25,29). The van der Waals surface area contributed by atoms with E-state index in [4.69, 9.17) is 10.5 Å². The van der Waals surface area contributed by atoms with Crippen molar-refractivity contribution in [3.05, 3.63) is 58.7 Å². The van der Waals surface area contributed by atoms with E-state index in [9.17, 15) is 9.59 Å². The Bertz CT molecular complexity index is 968. The fourth-order valence-corrected chi connectivity index (χ4v) is 4.64. The van der Waals surface area contributed by atoms with Gasteiger partial charge in [-0.25, -0.2) is 0 Å². The number of hydrogen-bond donors (Lipinski definition) is 2. The molecule has 2 unspecified atom stereocenters. The number of primary amides is 1. The van der Waals surface area contributed by atoms with E-state index in [0.29, 0.717) is 12.0 Å². The summed E-state index contributed by atoms with van der Waals surface area (Å²) in [6.07, 6.45) is 2.24. The van der Waals surface area contributed by atoms with Gasteiger partial charge in [-0.2, -0.15) is 0 Å². The summed E-state index contributed by atoms with van der Waals surface area (Å²) in [5.74, 6) is -0.374. The van der Waals surface area contributed by atoms with Crippen LogP contribution < -0.4 is 16.0 Å². The highest BCUT2D eigenvalue weighted by Gasteiger charge is 2.42. The highest BCUT2D eigenvalue weighted by molar-refractivity contribution is 5.90. The van der Waals surface area contributed by atoms with Crippen LogP contribution in [0.1, 0.15) is 53.4 Å². The molecule has 2 heterocycles. The van der Waals surface area contributed by atoms with Crippen LogP contribution in [0, 0.1) is 0 Å². The van der Waals surface area contributed by atoms with Crippen LogP contribution in [0.3, 0.4) is 0 Å². The van der Waals surface area contributed by atoms with E-state index in [1.165, 1.54) is 16.8 Å². The SMILES string of the molecule is CCc1ccc(N2CCOCC2)cc1C1CC(C)(C(N)=O)c2cc(C=O)ccc2N1. The van der Waals surface area contributed by atoms with Crippen LogP contribution in [-0.2, 0) is 21.4 Å². The predicted molar refractivity (Wildman–Crippen MR) is 118 cm³/mol. The summed E-state index contributed by atoms with van der Waals surface area (Å²) in [5, 5.41) is 3.61. The maximum absolute atomic E-state index is 12.6. The Balaban J connectivity index is 1.76. The molecule has 1 fully saturated rings. The van der Waals surface area contributed by atoms with E-state index in [2.05, 4.69) is 35.3 Å². The lowest BCUT2D eigenvalue weighted by molar-refractivity contribution is -0.123. The van der Waals surface area contributed by atoms with Gasteiger partial charge in [-0.05, 0) is 66.8 Å². The van der Waals surface area contributed by atoms with Gasteiger partial charge in [0.25, 0.3) is 0 Å². The number of carbonyl (C=O) groups is 2. The number of nitrogens with zero attached hydrogens (tertiary/aromatic N) is 1. The molecule has 3 N–H and O–H groups in total. The Kier molecular flexibility index (Phi) is 5.52. The van der Waals surface area contributed by atoms with Gasteiger partial charge in [-0.3, -0.25) is 9.59 Å². The van der Waals surface area contributed by atoms with Gasteiger partial charge in [0, 0.05) is 30.0 Å². The number of anilines is 2. The molecule has 0 spiro atoms. The van der Waals surface area contributed by atoms with Crippen LogP contribution in [-0.4, -0.2) is 38.5 Å². The van der Waals surface area contributed by atoms with E-state index < -0.39 is 5.41 Å². The second kappa shape index (κ2) is 8.11. The van der Waals surface area contributed by atoms with Gasteiger partial charge in [0.15, 0.2) is 0 Å². The quantitative estimate of drug-likeness (QED) is 0.744. The van der Waals surface area contributed by atoms with Crippen LogP contribution in [0.15, 0.2) is 36.4 Å². The third-order valence-corrected chi connectivity index (χ3v) is 6.52. The molecule has 2 aliphatic heterocycles. The van der Waals surface area contributed by atoms with Crippen LogP contribution in [0.5, 0.6) is 0 Å². The number of amides is 1. The summed E-state index contributed by atoms with van der Waals surface area (Å²) in [4.78, 5) is 26.2. The summed E-state index contributed by atoms with van der Waals surface area (Å²) in [6, 6.07) is 12.0. The number of benzene rings is 2. The number of aryl methyl sites for hydroxylation is 1. The van der Waals surface area contributed by atoms with Crippen LogP contribution in [0.2, 0.25) is 0 Å². The Morgan fingerprint density at radius 3 is 2.70 bits per heavy atom. The normalized spacial score (nSPS) is 23.4. The van der Waals surface area contributed by atoms with Crippen LogP contribution in [0.4, 0.5) is 11.4 Å². The number of rotatable bonds is 5. The van der Waals surface area contributed by atoms with Crippen molar-refractivity contribution in [2.45, 2.75) is 38.1 Å². The summed E-state index contributed by atoms with van der Waals surface area (Å²) >= 11 is 0. The summed E-state index contributed by atoms with van der Waals surface area (Å²) < 4.78 is 5.49.